The normalized spacial score (nSPS) is 13.6. The van der Waals surface area contributed by atoms with E-state index in [4.69, 9.17) is 15.7 Å². The second-order valence-corrected chi connectivity index (χ2v) is 4.10. The van der Waals surface area contributed by atoms with Gasteiger partial charge in [0.25, 0.3) is 0 Å². The van der Waals surface area contributed by atoms with Gasteiger partial charge in [0.1, 0.15) is 0 Å². The number of nitrogens with two attached hydrogens (primary N) is 1. The Morgan fingerprint density at radius 3 is 2.94 bits per heavy atom. The molecule has 0 saturated heterocycles. The summed E-state index contributed by atoms with van der Waals surface area (Å²) in [5.74, 6) is 0.119. The number of nitrogens with zero attached hydrogens (tertiary/aromatic N) is 1. The van der Waals surface area contributed by atoms with Crippen LogP contribution in [0.4, 0.5) is 0 Å². The van der Waals surface area contributed by atoms with Gasteiger partial charge in [-0.2, -0.15) is 0 Å². The maximum absolute atomic E-state index is 8.60. The van der Waals surface area contributed by atoms with E-state index in [0.29, 0.717) is 12.2 Å². The number of hydrogen-bond donors (Lipinski definition) is 2. The number of amidine groups is 1. The number of ether oxygens (including phenoxy) is 1. The van der Waals surface area contributed by atoms with Crippen LogP contribution in [0.25, 0.3) is 0 Å². The van der Waals surface area contributed by atoms with Gasteiger partial charge in [0.05, 0.1) is 12.7 Å². The van der Waals surface area contributed by atoms with E-state index in [9.17, 15) is 0 Å². The zero-order chi connectivity index (χ0) is 12.7. The largest absolute Gasteiger partial charge is 0.409 e. The zero-order valence-electron chi connectivity index (χ0n) is 10.4. The molecule has 0 heterocycles. The lowest BCUT2D eigenvalue weighted by atomic mass is 10.1. The summed E-state index contributed by atoms with van der Waals surface area (Å²) in [4.78, 5) is 0. The number of benzene rings is 1. The van der Waals surface area contributed by atoms with Gasteiger partial charge in [-0.15, -0.1) is 0 Å². The fourth-order valence-corrected chi connectivity index (χ4v) is 1.61. The Hall–Kier alpha value is -1.55. The van der Waals surface area contributed by atoms with Gasteiger partial charge in [-0.25, -0.2) is 0 Å². The first-order chi connectivity index (χ1) is 8.17. The van der Waals surface area contributed by atoms with Gasteiger partial charge < -0.3 is 15.7 Å². The second kappa shape index (κ2) is 6.91. The predicted octanol–water partition coefficient (Wildman–Crippen LogP) is 2.49. The maximum Gasteiger partial charge on any atom is 0.170 e. The molecule has 17 heavy (non-hydrogen) atoms. The molecule has 0 amide bonds. The van der Waals surface area contributed by atoms with Gasteiger partial charge in [-0.05, 0) is 25.0 Å². The fourth-order valence-electron chi connectivity index (χ4n) is 1.61. The van der Waals surface area contributed by atoms with Gasteiger partial charge >= 0.3 is 0 Å². The van der Waals surface area contributed by atoms with Crippen molar-refractivity contribution >= 4 is 5.84 Å². The molecule has 1 unspecified atom stereocenters. The molecule has 0 aliphatic heterocycles. The minimum absolute atomic E-state index is 0.119. The van der Waals surface area contributed by atoms with E-state index in [1.807, 2.05) is 18.2 Å². The lowest BCUT2D eigenvalue weighted by Gasteiger charge is -2.12. The molecule has 0 aliphatic rings. The smallest absolute Gasteiger partial charge is 0.170 e. The average Bonchev–Trinajstić information content (AvgIpc) is 2.36. The Morgan fingerprint density at radius 1 is 1.53 bits per heavy atom. The Kier molecular flexibility index (Phi) is 5.49. The van der Waals surface area contributed by atoms with Crippen LogP contribution < -0.4 is 5.73 Å². The molecule has 1 atom stereocenters. The summed E-state index contributed by atoms with van der Waals surface area (Å²) in [5.41, 5.74) is 7.26. The van der Waals surface area contributed by atoms with Crippen LogP contribution in [0, 0.1) is 0 Å². The highest BCUT2D eigenvalue weighted by atomic mass is 16.5. The summed E-state index contributed by atoms with van der Waals surface area (Å²) >= 11 is 0. The van der Waals surface area contributed by atoms with Crippen LogP contribution in [0.5, 0.6) is 0 Å². The Morgan fingerprint density at radius 2 is 2.29 bits per heavy atom. The Bertz CT molecular complexity index is 377. The van der Waals surface area contributed by atoms with Crippen LogP contribution in [0.2, 0.25) is 0 Å². The van der Waals surface area contributed by atoms with Gasteiger partial charge in [-0.1, -0.05) is 36.7 Å². The molecule has 1 aromatic carbocycles. The van der Waals surface area contributed by atoms with Crippen molar-refractivity contribution in [3.63, 3.8) is 0 Å². The topological polar surface area (TPSA) is 67.8 Å². The minimum Gasteiger partial charge on any atom is -0.409 e. The van der Waals surface area contributed by atoms with Crippen LogP contribution >= 0.6 is 0 Å². The zero-order valence-corrected chi connectivity index (χ0v) is 10.4. The summed E-state index contributed by atoms with van der Waals surface area (Å²) in [6.45, 7) is 4.75. The molecule has 0 aromatic heterocycles. The van der Waals surface area contributed by atoms with E-state index in [1.54, 1.807) is 6.07 Å². The third kappa shape index (κ3) is 4.44. The highest BCUT2D eigenvalue weighted by Crippen LogP contribution is 2.09. The fraction of sp³-hybridized carbons (Fsp3) is 0.462. The molecule has 1 rings (SSSR count). The van der Waals surface area contributed by atoms with Crippen LogP contribution in [0.1, 0.15) is 37.8 Å². The molecule has 0 radical (unpaired) electrons. The molecule has 4 heteroatoms. The standard InChI is InChI=1S/C13H20N2O2/c1-3-5-10(2)17-9-11-6-4-7-12(8-11)13(14)15-16/h4,6-8,10,16H,3,5,9H2,1-2H3,(H2,14,15). The first kappa shape index (κ1) is 13.5. The lowest BCUT2D eigenvalue weighted by molar-refractivity contribution is 0.0472. The molecular weight excluding hydrogens is 216 g/mol. The van der Waals surface area contributed by atoms with Crippen molar-refractivity contribution in [2.45, 2.75) is 39.4 Å². The van der Waals surface area contributed by atoms with E-state index in [-0.39, 0.29) is 11.9 Å². The molecule has 94 valence electrons. The van der Waals surface area contributed by atoms with Crippen LogP contribution in [-0.2, 0) is 11.3 Å². The maximum atomic E-state index is 8.60. The first-order valence-corrected chi connectivity index (χ1v) is 5.85. The van der Waals surface area contributed by atoms with Crippen LogP contribution in [0.15, 0.2) is 29.4 Å². The Balaban J connectivity index is 2.60. The molecule has 4 nitrogen and oxygen atoms in total. The van der Waals surface area contributed by atoms with Gasteiger partial charge in [-0.3, -0.25) is 0 Å². The van der Waals surface area contributed by atoms with Gasteiger partial charge in [0, 0.05) is 5.56 Å². The van der Waals surface area contributed by atoms with E-state index in [2.05, 4.69) is 19.0 Å². The molecule has 0 bridgehead atoms. The van der Waals surface area contributed by atoms with E-state index in [1.165, 1.54) is 0 Å². The summed E-state index contributed by atoms with van der Waals surface area (Å²) < 4.78 is 5.69. The summed E-state index contributed by atoms with van der Waals surface area (Å²) in [5, 5.41) is 11.6. The van der Waals surface area contributed by atoms with Crippen molar-refractivity contribution < 1.29 is 9.94 Å². The van der Waals surface area contributed by atoms with E-state index >= 15 is 0 Å². The highest BCUT2D eigenvalue weighted by molar-refractivity contribution is 5.97. The number of hydrogen-bond acceptors (Lipinski definition) is 3. The minimum atomic E-state index is 0.119. The van der Waals surface area contributed by atoms with Crippen molar-refractivity contribution in [2.75, 3.05) is 0 Å². The van der Waals surface area contributed by atoms with Crippen molar-refractivity contribution in [1.82, 2.24) is 0 Å². The highest BCUT2D eigenvalue weighted by Gasteiger charge is 2.03. The Labute approximate surface area is 102 Å². The van der Waals surface area contributed by atoms with Gasteiger partial charge in [0.2, 0.25) is 0 Å². The predicted molar refractivity (Wildman–Crippen MR) is 68.1 cm³/mol. The number of oxime groups is 1. The molecule has 0 saturated carbocycles. The third-order valence-electron chi connectivity index (χ3n) is 2.56. The van der Waals surface area contributed by atoms with Crippen molar-refractivity contribution in [3.8, 4) is 0 Å². The number of rotatable bonds is 6. The molecule has 1 aromatic rings. The quantitative estimate of drug-likeness (QED) is 0.345. The summed E-state index contributed by atoms with van der Waals surface area (Å²) in [6.07, 6.45) is 2.43. The SMILES string of the molecule is CCCC(C)OCc1cccc(/C(N)=N/O)c1. The van der Waals surface area contributed by atoms with Crippen molar-refractivity contribution in [3.05, 3.63) is 35.4 Å². The van der Waals surface area contributed by atoms with E-state index < -0.39 is 0 Å². The molecule has 0 spiro atoms. The van der Waals surface area contributed by atoms with Crippen molar-refractivity contribution in [2.24, 2.45) is 10.9 Å². The third-order valence-corrected chi connectivity index (χ3v) is 2.56. The van der Waals surface area contributed by atoms with Crippen LogP contribution in [0.3, 0.4) is 0 Å². The van der Waals surface area contributed by atoms with E-state index in [0.717, 1.165) is 18.4 Å². The summed E-state index contributed by atoms with van der Waals surface area (Å²) in [6, 6.07) is 7.51. The molecule has 0 fully saturated rings. The second-order valence-electron chi connectivity index (χ2n) is 4.10. The first-order valence-electron chi connectivity index (χ1n) is 5.85. The lowest BCUT2D eigenvalue weighted by Crippen LogP contribution is -2.13. The average molecular weight is 236 g/mol. The summed E-state index contributed by atoms with van der Waals surface area (Å²) in [7, 11) is 0. The van der Waals surface area contributed by atoms with Gasteiger partial charge in [0.15, 0.2) is 5.84 Å². The molecular formula is C13H20N2O2. The van der Waals surface area contributed by atoms with Crippen molar-refractivity contribution in [1.29, 1.82) is 0 Å². The van der Waals surface area contributed by atoms with Crippen LogP contribution in [-0.4, -0.2) is 17.1 Å². The molecule has 0 aliphatic carbocycles. The monoisotopic (exact) mass is 236 g/mol. The molecule has 3 N–H and O–H groups in total.